The number of ether oxygens (including phenoxy) is 3. The van der Waals surface area contributed by atoms with Crippen LogP contribution >= 0.6 is 0 Å². The molecule has 0 saturated heterocycles. The highest BCUT2D eigenvalue weighted by Gasteiger charge is 2.25. The third-order valence-electron chi connectivity index (χ3n) is 10.0. The molecule has 0 saturated carbocycles. The number of quaternary nitrogens is 1. The predicted molar refractivity (Wildman–Crippen MR) is 227 cm³/mol. The molecule has 0 aliphatic heterocycles. The van der Waals surface area contributed by atoms with Crippen molar-refractivity contribution >= 4 is 17.9 Å². The van der Waals surface area contributed by atoms with Gasteiger partial charge in [-0.1, -0.05) is 153 Å². The van der Waals surface area contributed by atoms with Crippen LogP contribution in [0.1, 0.15) is 194 Å². The molecular weight excluding hydrogens is 691 g/mol. The average Bonchev–Trinajstić information content (AvgIpc) is 3.14. The number of nitrogens with zero attached hydrogens (tertiary/aromatic N) is 1. The van der Waals surface area contributed by atoms with Gasteiger partial charge in [-0.15, -0.1) is 0 Å². The first-order chi connectivity index (χ1) is 26.6. The lowest BCUT2D eigenvalue weighted by molar-refractivity contribution is -0.889. The fourth-order valence-electron chi connectivity index (χ4n) is 6.45. The first-order valence-corrected chi connectivity index (χ1v) is 22.5. The highest BCUT2D eigenvalue weighted by Crippen LogP contribution is 2.14. The van der Waals surface area contributed by atoms with Crippen LogP contribution in [0.2, 0.25) is 0 Å². The van der Waals surface area contributed by atoms with Crippen molar-refractivity contribution < 1.29 is 38.2 Å². The van der Waals surface area contributed by atoms with E-state index in [0.717, 1.165) is 51.4 Å². The minimum absolute atomic E-state index is 0.0313. The van der Waals surface area contributed by atoms with E-state index in [0.29, 0.717) is 12.8 Å². The van der Waals surface area contributed by atoms with E-state index < -0.39 is 18.1 Å². The number of carbonyl (C=O) groups excluding carboxylic acids is 3. The van der Waals surface area contributed by atoms with Crippen LogP contribution in [0.25, 0.3) is 0 Å². The standard InChI is InChI=1S/C47H85NO7/c1-6-8-10-12-14-16-18-19-20-21-22-23-24-25-26-28-30-32-34-36-38-46(50)55-43(41-53-40-39-44(47(51)52)48(3,4)5)42-54-45(49)37-35-33-31-29-27-17-15-13-11-9-7-2/h13,15,17,22-23,27,43-44H,6-12,14,16,18-21,24-26,28-42H2,1-5H3/b15-13+,23-22+,27-17+. The minimum atomic E-state index is -1.13. The number of carboxylic acids is 1. The van der Waals surface area contributed by atoms with Crippen molar-refractivity contribution in [3.8, 4) is 0 Å². The molecule has 2 unspecified atom stereocenters. The van der Waals surface area contributed by atoms with Crippen molar-refractivity contribution in [2.45, 2.75) is 206 Å². The number of allylic oxidation sites excluding steroid dienone is 6. The molecule has 0 aromatic rings. The summed E-state index contributed by atoms with van der Waals surface area (Å²) < 4.78 is 17.1. The second kappa shape index (κ2) is 38.4. The molecule has 55 heavy (non-hydrogen) atoms. The van der Waals surface area contributed by atoms with Gasteiger partial charge in [0.1, 0.15) is 12.6 Å². The van der Waals surface area contributed by atoms with E-state index in [9.17, 15) is 19.5 Å². The molecule has 0 spiro atoms. The highest BCUT2D eigenvalue weighted by atomic mass is 16.6. The second-order valence-electron chi connectivity index (χ2n) is 16.3. The molecule has 0 rings (SSSR count). The van der Waals surface area contributed by atoms with Crippen molar-refractivity contribution in [2.24, 2.45) is 0 Å². The van der Waals surface area contributed by atoms with Gasteiger partial charge in [0.25, 0.3) is 0 Å². The Balaban J connectivity index is 4.30. The van der Waals surface area contributed by atoms with E-state index >= 15 is 0 Å². The molecule has 0 bridgehead atoms. The Labute approximate surface area is 338 Å². The molecule has 2 atom stereocenters. The molecule has 0 N–H and O–H groups in total. The summed E-state index contributed by atoms with van der Waals surface area (Å²) in [7, 11) is 5.40. The van der Waals surface area contributed by atoms with Gasteiger partial charge in [0.15, 0.2) is 6.10 Å². The van der Waals surface area contributed by atoms with E-state index in [2.05, 4.69) is 50.3 Å². The Kier molecular flexibility index (Phi) is 36.7. The number of rotatable bonds is 40. The smallest absolute Gasteiger partial charge is 0.306 e. The molecule has 0 aliphatic carbocycles. The van der Waals surface area contributed by atoms with Crippen LogP contribution in [0.4, 0.5) is 0 Å². The zero-order chi connectivity index (χ0) is 40.7. The lowest BCUT2D eigenvalue weighted by atomic mass is 10.1. The summed E-state index contributed by atoms with van der Waals surface area (Å²) in [6.07, 6.45) is 43.2. The van der Waals surface area contributed by atoms with Crippen molar-refractivity contribution in [1.82, 2.24) is 0 Å². The van der Waals surface area contributed by atoms with Gasteiger partial charge in [0.2, 0.25) is 0 Å². The van der Waals surface area contributed by atoms with Gasteiger partial charge in [-0.2, -0.15) is 0 Å². The third-order valence-corrected chi connectivity index (χ3v) is 10.0. The van der Waals surface area contributed by atoms with Crippen LogP contribution in [-0.4, -0.2) is 75.5 Å². The summed E-state index contributed by atoms with van der Waals surface area (Å²) in [6.45, 7) is 4.58. The Morgan fingerprint density at radius 2 is 0.982 bits per heavy atom. The first kappa shape index (κ1) is 52.6. The highest BCUT2D eigenvalue weighted by molar-refractivity contribution is 5.70. The van der Waals surface area contributed by atoms with Crippen molar-refractivity contribution in [3.63, 3.8) is 0 Å². The van der Waals surface area contributed by atoms with Gasteiger partial charge in [-0.3, -0.25) is 9.59 Å². The van der Waals surface area contributed by atoms with Crippen LogP contribution in [0.5, 0.6) is 0 Å². The van der Waals surface area contributed by atoms with Gasteiger partial charge in [0.05, 0.1) is 40.3 Å². The zero-order valence-electron chi connectivity index (χ0n) is 36.3. The summed E-state index contributed by atoms with van der Waals surface area (Å²) in [5, 5.41) is 11.6. The molecule has 8 nitrogen and oxygen atoms in total. The molecule has 0 fully saturated rings. The monoisotopic (exact) mass is 776 g/mol. The second-order valence-corrected chi connectivity index (χ2v) is 16.3. The predicted octanol–water partition coefficient (Wildman–Crippen LogP) is 10.9. The Bertz CT molecular complexity index is 1000. The lowest BCUT2D eigenvalue weighted by Crippen LogP contribution is -2.55. The largest absolute Gasteiger partial charge is 0.544 e. The maximum atomic E-state index is 12.7. The average molecular weight is 776 g/mol. The van der Waals surface area contributed by atoms with Crippen LogP contribution in [-0.2, 0) is 28.6 Å². The Morgan fingerprint density at radius 3 is 1.49 bits per heavy atom. The fraction of sp³-hybridized carbons (Fsp3) is 0.809. The summed E-state index contributed by atoms with van der Waals surface area (Å²) in [5.74, 6) is -1.77. The normalized spacial score (nSPS) is 13.3. The molecular formula is C47H85NO7. The maximum absolute atomic E-state index is 12.7. The number of carboxylic acid groups (broad SMARTS) is 1. The van der Waals surface area contributed by atoms with Crippen molar-refractivity contribution in [3.05, 3.63) is 36.5 Å². The lowest BCUT2D eigenvalue weighted by Gasteiger charge is -2.34. The molecule has 8 heteroatoms. The number of hydrogen-bond acceptors (Lipinski definition) is 7. The Hall–Kier alpha value is -2.45. The molecule has 0 heterocycles. The number of aliphatic carboxylic acids is 1. The van der Waals surface area contributed by atoms with E-state index in [-0.39, 0.29) is 42.7 Å². The van der Waals surface area contributed by atoms with Gasteiger partial charge >= 0.3 is 11.9 Å². The summed E-state index contributed by atoms with van der Waals surface area (Å²) in [5.41, 5.74) is 0. The molecule has 0 radical (unpaired) electrons. The number of unbranched alkanes of at least 4 members (excludes halogenated alkanes) is 21. The van der Waals surface area contributed by atoms with E-state index in [1.54, 1.807) is 21.1 Å². The topological polar surface area (TPSA) is 102 Å². The SMILES string of the molecule is CCCC/C=C/C=C/CCCCCC(=O)OCC(COCCC(C(=O)[O-])[N+](C)(C)C)OC(=O)CCCCCCCCC/C=C/CCCCCCCCCCC. The summed E-state index contributed by atoms with van der Waals surface area (Å²) in [6, 6.07) is -0.729. The van der Waals surface area contributed by atoms with Gasteiger partial charge in [-0.25, -0.2) is 0 Å². The van der Waals surface area contributed by atoms with Gasteiger partial charge in [-0.05, 0) is 57.8 Å². The Morgan fingerprint density at radius 1 is 0.545 bits per heavy atom. The third kappa shape index (κ3) is 36.9. The molecule has 0 aliphatic rings. The van der Waals surface area contributed by atoms with Gasteiger partial charge < -0.3 is 28.6 Å². The number of likely N-dealkylation sites (N-methyl/N-ethyl adjacent to an activating group) is 1. The summed E-state index contributed by atoms with van der Waals surface area (Å²) in [4.78, 5) is 36.8. The number of esters is 2. The van der Waals surface area contributed by atoms with Crippen LogP contribution in [0, 0.1) is 0 Å². The molecule has 0 amide bonds. The molecule has 320 valence electrons. The first-order valence-electron chi connectivity index (χ1n) is 22.5. The summed E-state index contributed by atoms with van der Waals surface area (Å²) >= 11 is 0. The quantitative estimate of drug-likeness (QED) is 0.0201. The van der Waals surface area contributed by atoms with Gasteiger partial charge in [0, 0.05) is 19.3 Å². The molecule has 0 aromatic carbocycles. The van der Waals surface area contributed by atoms with Crippen molar-refractivity contribution in [2.75, 3.05) is 41.0 Å². The minimum Gasteiger partial charge on any atom is -0.544 e. The van der Waals surface area contributed by atoms with Crippen molar-refractivity contribution in [1.29, 1.82) is 0 Å². The van der Waals surface area contributed by atoms with E-state index in [1.807, 2.05) is 0 Å². The fourth-order valence-corrected chi connectivity index (χ4v) is 6.45. The number of hydrogen-bond donors (Lipinski definition) is 0. The van der Waals surface area contributed by atoms with Crippen LogP contribution in [0.15, 0.2) is 36.5 Å². The van der Waals surface area contributed by atoms with E-state index in [1.165, 1.54) is 109 Å². The number of carbonyl (C=O) groups is 3. The van der Waals surface area contributed by atoms with Crippen LogP contribution < -0.4 is 5.11 Å². The zero-order valence-corrected chi connectivity index (χ0v) is 36.3. The maximum Gasteiger partial charge on any atom is 0.306 e. The molecule has 0 aromatic heterocycles. The van der Waals surface area contributed by atoms with Crippen LogP contribution in [0.3, 0.4) is 0 Å². The van der Waals surface area contributed by atoms with E-state index in [4.69, 9.17) is 14.2 Å².